The molecule has 5 nitrogen and oxygen atoms in total. The van der Waals surface area contributed by atoms with Gasteiger partial charge in [-0.25, -0.2) is 9.69 Å². The number of benzene rings is 1. The molecular weight excluding hydrogens is 196 g/mol. The molecule has 1 aromatic carbocycles. The number of carbonyl (C=O) groups is 2. The van der Waals surface area contributed by atoms with E-state index < -0.39 is 6.03 Å². The van der Waals surface area contributed by atoms with Gasteiger partial charge in [0.15, 0.2) is 0 Å². The summed E-state index contributed by atoms with van der Waals surface area (Å²) in [4.78, 5) is 23.1. The fourth-order valence-electron chi connectivity index (χ4n) is 1.06. The van der Waals surface area contributed by atoms with Gasteiger partial charge in [0.2, 0.25) is 6.41 Å². The van der Waals surface area contributed by atoms with Crippen molar-refractivity contribution in [2.45, 2.75) is 0 Å². The molecule has 0 heterocycles. The minimum atomic E-state index is -0.551. The van der Waals surface area contributed by atoms with Gasteiger partial charge < -0.3 is 10.4 Å². The van der Waals surface area contributed by atoms with Crippen LogP contribution in [0.5, 0.6) is 0 Å². The molecule has 80 valence electrons. The summed E-state index contributed by atoms with van der Waals surface area (Å²) in [6, 6.07) is 7.99. The third kappa shape index (κ3) is 3.07. The van der Waals surface area contributed by atoms with Crippen LogP contribution < -0.4 is 10.2 Å². The van der Waals surface area contributed by atoms with E-state index in [0.717, 1.165) is 4.90 Å². The lowest BCUT2D eigenvalue weighted by molar-refractivity contribution is -0.106. The van der Waals surface area contributed by atoms with E-state index in [9.17, 15) is 9.59 Å². The Morgan fingerprint density at radius 1 is 1.40 bits per heavy atom. The number of para-hydroxylation sites is 1. The monoisotopic (exact) mass is 208 g/mol. The fourth-order valence-corrected chi connectivity index (χ4v) is 1.06. The normalized spacial score (nSPS) is 9.40. The van der Waals surface area contributed by atoms with E-state index in [0.29, 0.717) is 12.1 Å². The van der Waals surface area contributed by atoms with Gasteiger partial charge in [-0.1, -0.05) is 18.2 Å². The van der Waals surface area contributed by atoms with Crippen LogP contribution in [0.2, 0.25) is 0 Å². The van der Waals surface area contributed by atoms with Crippen molar-refractivity contribution in [2.24, 2.45) is 0 Å². The largest absolute Gasteiger partial charge is 0.395 e. The summed E-state index contributed by atoms with van der Waals surface area (Å²) >= 11 is 0. The molecule has 0 atom stereocenters. The number of imide groups is 1. The molecule has 0 saturated carbocycles. The smallest absolute Gasteiger partial charge is 0.328 e. The van der Waals surface area contributed by atoms with E-state index in [1.54, 1.807) is 30.3 Å². The first-order chi connectivity index (χ1) is 7.29. The van der Waals surface area contributed by atoms with Gasteiger partial charge in [0.05, 0.1) is 12.3 Å². The summed E-state index contributed by atoms with van der Waals surface area (Å²) in [6.07, 6.45) is 0.433. The number of hydrogen-bond donors (Lipinski definition) is 2. The SMILES string of the molecule is O=CN(C(=O)NCCO)c1ccccc1. The Morgan fingerprint density at radius 2 is 2.07 bits per heavy atom. The summed E-state index contributed by atoms with van der Waals surface area (Å²) in [5.41, 5.74) is 0.489. The van der Waals surface area contributed by atoms with Crippen LogP contribution in [0.1, 0.15) is 0 Å². The van der Waals surface area contributed by atoms with E-state index in [2.05, 4.69) is 5.32 Å². The number of aliphatic hydroxyl groups excluding tert-OH is 1. The fraction of sp³-hybridized carbons (Fsp3) is 0.200. The zero-order chi connectivity index (χ0) is 11.1. The molecule has 15 heavy (non-hydrogen) atoms. The third-order valence-corrected chi connectivity index (χ3v) is 1.75. The topological polar surface area (TPSA) is 69.6 Å². The summed E-state index contributed by atoms with van der Waals surface area (Å²) in [6.45, 7) is -0.0385. The molecule has 0 saturated heterocycles. The van der Waals surface area contributed by atoms with Crippen LogP contribution in [0, 0.1) is 0 Å². The lowest BCUT2D eigenvalue weighted by atomic mass is 10.3. The number of hydrogen-bond acceptors (Lipinski definition) is 3. The molecule has 0 aliphatic carbocycles. The molecule has 0 fully saturated rings. The molecule has 5 heteroatoms. The number of carbonyl (C=O) groups excluding carboxylic acids is 2. The van der Waals surface area contributed by atoms with Gasteiger partial charge in [-0.05, 0) is 12.1 Å². The molecule has 3 amide bonds. The van der Waals surface area contributed by atoms with Crippen LogP contribution in [0.15, 0.2) is 30.3 Å². The standard InChI is InChI=1S/C10H12N2O3/c13-7-6-11-10(15)12(8-14)9-4-2-1-3-5-9/h1-5,8,13H,6-7H2,(H,11,15). The van der Waals surface area contributed by atoms with Crippen molar-refractivity contribution >= 4 is 18.1 Å². The highest BCUT2D eigenvalue weighted by atomic mass is 16.3. The van der Waals surface area contributed by atoms with Gasteiger partial charge in [-0.15, -0.1) is 0 Å². The highest BCUT2D eigenvalue weighted by molar-refractivity contribution is 6.05. The molecule has 1 rings (SSSR count). The van der Waals surface area contributed by atoms with E-state index in [-0.39, 0.29) is 13.2 Å². The Morgan fingerprint density at radius 3 is 2.60 bits per heavy atom. The average molecular weight is 208 g/mol. The Bertz CT molecular complexity index is 327. The number of anilines is 1. The number of urea groups is 1. The second-order valence-electron chi connectivity index (χ2n) is 2.77. The van der Waals surface area contributed by atoms with Crippen molar-refractivity contribution < 1.29 is 14.7 Å². The van der Waals surface area contributed by atoms with Gasteiger partial charge in [0, 0.05) is 6.54 Å². The highest BCUT2D eigenvalue weighted by Crippen LogP contribution is 2.10. The van der Waals surface area contributed by atoms with Crippen LogP contribution in [0.4, 0.5) is 10.5 Å². The first-order valence-corrected chi connectivity index (χ1v) is 4.48. The van der Waals surface area contributed by atoms with Gasteiger partial charge in [-0.2, -0.15) is 0 Å². The van der Waals surface area contributed by atoms with Crippen molar-refractivity contribution in [3.8, 4) is 0 Å². The minimum Gasteiger partial charge on any atom is -0.395 e. The zero-order valence-corrected chi connectivity index (χ0v) is 8.09. The molecule has 0 unspecified atom stereocenters. The molecule has 0 spiro atoms. The van der Waals surface area contributed by atoms with Crippen LogP contribution in [-0.4, -0.2) is 30.7 Å². The van der Waals surface area contributed by atoms with E-state index in [1.807, 2.05) is 0 Å². The van der Waals surface area contributed by atoms with E-state index in [4.69, 9.17) is 5.11 Å². The first-order valence-electron chi connectivity index (χ1n) is 4.48. The lowest BCUT2D eigenvalue weighted by Crippen LogP contribution is -2.40. The van der Waals surface area contributed by atoms with Crippen LogP contribution in [0.25, 0.3) is 0 Å². The first kappa shape index (κ1) is 11.2. The summed E-state index contributed by atoms with van der Waals surface area (Å²) in [5, 5.41) is 10.9. The summed E-state index contributed by atoms with van der Waals surface area (Å²) in [5.74, 6) is 0. The van der Waals surface area contributed by atoms with Crippen molar-refractivity contribution in [3.63, 3.8) is 0 Å². The minimum absolute atomic E-state index is 0.121. The Kier molecular flexibility index (Phi) is 4.30. The second kappa shape index (κ2) is 5.77. The average Bonchev–Trinajstić information content (AvgIpc) is 2.29. The molecular formula is C10H12N2O3. The van der Waals surface area contributed by atoms with Gasteiger partial charge >= 0.3 is 6.03 Å². The number of amides is 3. The van der Waals surface area contributed by atoms with Crippen molar-refractivity contribution in [3.05, 3.63) is 30.3 Å². The quantitative estimate of drug-likeness (QED) is 0.701. The maximum absolute atomic E-state index is 11.4. The lowest BCUT2D eigenvalue weighted by Gasteiger charge is -2.15. The third-order valence-electron chi connectivity index (χ3n) is 1.75. The molecule has 0 aromatic heterocycles. The maximum atomic E-state index is 11.4. The predicted octanol–water partition coefficient (Wildman–Crippen LogP) is 0.351. The Balaban J connectivity index is 2.72. The number of aliphatic hydroxyl groups is 1. The highest BCUT2D eigenvalue weighted by Gasteiger charge is 2.12. The predicted molar refractivity (Wildman–Crippen MR) is 55.5 cm³/mol. The molecule has 0 bridgehead atoms. The van der Waals surface area contributed by atoms with Crippen LogP contribution in [-0.2, 0) is 4.79 Å². The molecule has 1 aromatic rings. The second-order valence-corrected chi connectivity index (χ2v) is 2.77. The summed E-state index contributed by atoms with van der Waals surface area (Å²) < 4.78 is 0. The molecule has 0 aliphatic heterocycles. The van der Waals surface area contributed by atoms with Gasteiger partial charge in [0.1, 0.15) is 0 Å². The van der Waals surface area contributed by atoms with Gasteiger partial charge in [-0.3, -0.25) is 4.79 Å². The van der Waals surface area contributed by atoms with Crippen LogP contribution >= 0.6 is 0 Å². The van der Waals surface area contributed by atoms with Crippen LogP contribution in [0.3, 0.4) is 0 Å². The van der Waals surface area contributed by atoms with Crippen molar-refractivity contribution in [1.29, 1.82) is 0 Å². The molecule has 2 N–H and O–H groups in total. The molecule has 0 radical (unpaired) electrons. The zero-order valence-electron chi connectivity index (χ0n) is 8.09. The number of nitrogens with one attached hydrogen (secondary N) is 1. The Labute approximate surface area is 87.3 Å². The van der Waals surface area contributed by atoms with Crippen molar-refractivity contribution in [2.75, 3.05) is 18.1 Å². The Hall–Kier alpha value is -1.88. The van der Waals surface area contributed by atoms with Gasteiger partial charge in [0.25, 0.3) is 0 Å². The maximum Gasteiger partial charge on any atom is 0.328 e. The summed E-state index contributed by atoms with van der Waals surface area (Å²) in [7, 11) is 0. The number of rotatable bonds is 4. The number of nitrogens with zero attached hydrogens (tertiary/aromatic N) is 1. The molecule has 0 aliphatic rings. The van der Waals surface area contributed by atoms with E-state index in [1.165, 1.54) is 0 Å². The van der Waals surface area contributed by atoms with E-state index >= 15 is 0 Å². The van der Waals surface area contributed by atoms with Crippen molar-refractivity contribution in [1.82, 2.24) is 5.32 Å².